The zero-order valence-electron chi connectivity index (χ0n) is 11.5. The topological polar surface area (TPSA) is 55.1 Å². The SMILES string of the molecule is O=C(Cc1ccccc1)Nc1cc(C2(C(F)(F)F)CC2)on1. The molecule has 0 bridgehead atoms. The second-order valence-corrected chi connectivity index (χ2v) is 5.37. The van der Waals surface area contributed by atoms with Gasteiger partial charge in [-0.15, -0.1) is 0 Å². The molecule has 0 spiro atoms. The van der Waals surface area contributed by atoms with E-state index in [1.54, 1.807) is 24.3 Å². The predicted molar refractivity (Wildman–Crippen MR) is 72.2 cm³/mol. The van der Waals surface area contributed by atoms with Crippen LogP contribution in [0.1, 0.15) is 24.2 Å². The van der Waals surface area contributed by atoms with E-state index >= 15 is 0 Å². The molecule has 1 aromatic heterocycles. The van der Waals surface area contributed by atoms with Crippen LogP contribution in [0.15, 0.2) is 40.9 Å². The lowest BCUT2D eigenvalue weighted by atomic mass is 10.0. The van der Waals surface area contributed by atoms with Gasteiger partial charge in [0.2, 0.25) is 5.91 Å². The number of hydrogen-bond acceptors (Lipinski definition) is 3. The van der Waals surface area contributed by atoms with Crippen molar-refractivity contribution in [2.45, 2.75) is 30.9 Å². The number of halogens is 3. The number of aromatic nitrogens is 1. The molecule has 2 aromatic rings. The largest absolute Gasteiger partial charge is 0.401 e. The number of amides is 1. The zero-order chi connectivity index (χ0) is 15.8. The summed E-state index contributed by atoms with van der Waals surface area (Å²) in [5.41, 5.74) is -1.12. The van der Waals surface area contributed by atoms with Gasteiger partial charge in [-0.2, -0.15) is 13.2 Å². The third kappa shape index (κ3) is 2.70. The van der Waals surface area contributed by atoms with Crippen molar-refractivity contribution in [3.63, 3.8) is 0 Å². The molecule has 0 atom stereocenters. The lowest BCUT2D eigenvalue weighted by molar-refractivity contribution is -0.165. The van der Waals surface area contributed by atoms with Crippen molar-refractivity contribution in [1.29, 1.82) is 0 Å². The van der Waals surface area contributed by atoms with Gasteiger partial charge in [0.05, 0.1) is 6.42 Å². The fourth-order valence-electron chi connectivity index (χ4n) is 2.32. The number of anilines is 1. The Morgan fingerprint density at radius 3 is 2.55 bits per heavy atom. The Morgan fingerprint density at radius 2 is 1.95 bits per heavy atom. The van der Waals surface area contributed by atoms with Gasteiger partial charge in [-0.05, 0) is 18.4 Å². The van der Waals surface area contributed by atoms with E-state index in [9.17, 15) is 18.0 Å². The first-order valence-electron chi connectivity index (χ1n) is 6.78. The van der Waals surface area contributed by atoms with E-state index in [1.807, 2.05) is 6.07 Å². The van der Waals surface area contributed by atoms with Crippen LogP contribution in [0.2, 0.25) is 0 Å². The summed E-state index contributed by atoms with van der Waals surface area (Å²) in [6.45, 7) is 0. The third-order valence-electron chi connectivity index (χ3n) is 3.75. The van der Waals surface area contributed by atoms with Crippen LogP contribution in [0.3, 0.4) is 0 Å². The molecule has 0 unspecified atom stereocenters. The number of nitrogens with zero attached hydrogens (tertiary/aromatic N) is 1. The van der Waals surface area contributed by atoms with Gasteiger partial charge >= 0.3 is 6.18 Å². The van der Waals surface area contributed by atoms with Crippen LogP contribution in [-0.4, -0.2) is 17.2 Å². The molecule has 3 rings (SSSR count). The van der Waals surface area contributed by atoms with Crippen LogP contribution >= 0.6 is 0 Å². The molecule has 1 saturated carbocycles. The number of alkyl halides is 3. The van der Waals surface area contributed by atoms with E-state index in [2.05, 4.69) is 10.5 Å². The van der Waals surface area contributed by atoms with Crippen LogP contribution in [-0.2, 0) is 16.6 Å². The molecule has 0 saturated heterocycles. The van der Waals surface area contributed by atoms with Gasteiger partial charge < -0.3 is 9.84 Å². The summed E-state index contributed by atoms with van der Waals surface area (Å²) in [4.78, 5) is 11.8. The Labute approximate surface area is 124 Å². The van der Waals surface area contributed by atoms with Gasteiger partial charge in [-0.25, -0.2) is 0 Å². The smallest absolute Gasteiger partial charge is 0.358 e. The van der Waals surface area contributed by atoms with Gasteiger partial charge in [0, 0.05) is 6.07 Å². The first kappa shape index (κ1) is 14.6. The van der Waals surface area contributed by atoms with Crippen LogP contribution in [0.25, 0.3) is 0 Å². The number of nitrogens with one attached hydrogen (secondary N) is 1. The predicted octanol–water partition coefficient (Wildman–Crippen LogP) is 3.45. The van der Waals surface area contributed by atoms with Gasteiger partial charge in [0.15, 0.2) is 11.6 Å². The fraction of sp³-hybridized carbons (Fsp3) is 0.333. The van der Waals surface area contributed by atoms with Crippen LogP contribution in [0, 0.1) is 0 Å². The van der Waals surface area contributed by atoms with E-state index in [4.69, 9.17) is 4.52 Å². The highest BCUT2D eigenvalue weighted by Crippen LogP contribution is 2.59. The molecule has 1 aliphatic rings. The molecular weight excluding hydrogens is 297 g/mol. The minimum absolute atomic E-state index is 0.00598. The molecule has 1 aromatic carbocycles. The molecule has 1 amide bonds. The molecule has 1 aliphatic carbocycles. The highest BCUT2D eigenvalue weighted by atomic mass is 19.4. The first-order valence-corrected chi connectivity index (χ1v) is 6.78. The normalized spacial score (nSPS) is 16.3. The van der Waals surface area contributed by atoms with E-state index in [1.165, 1.54) is 0 Å². The molecule has 1 fully saturated rings. The average Bonchev–Trinajstić information content (AvgIpc) is 3.15. The minimum atomic E-state index is -4.36. The molecule has 0 aliphatic heterocycles. The quantitative estimate of drug-likeness (QED) is 0.941. The standard InChI is InChI=1S/C15H13F3N2O2/c16-15(17,18)14(6-7-14)11-9-12(20-22-11)19-13(21)8-10-4-2-1-3-5-10/h1-5,9H,6-8H2,(H,19,20,21). The maximum Gasteiger partial charge on any atom is 0.401 e. The van der Waals surface area contributed by atoms with Gasteiger partial charge in [0.25, 0.3) is 0 Å². The summed E-state index contributed by atoms with van der Waals surface area (Å²) < 4.78 is 43.7. The molecule has 7 heteroatoms. The van der Waals surface area contributed by atoms with Crippen molar-refractivity contribution in [1.82, 2.24) is 5.16 Å². The Kier molecular flexibility index (Phi) is 3.42. The third-order valence-corrected chi connectivity index (χ3v) is 3.75. The molecular formula is C15H13F3N2O2. The maximum atomic E-state index is 13.0. The molecule has 22 heavy (non-hydrogen) atoms. The summed E-state index contributed by atoms with van der Waals surface area (Å²) in [7, 11) is 0. The van der Waals surface area contributed by atoms with E-state index < -0.39 is 11.6 Å². The second-order valence-electron chi connectivity index (χ2n) is 5.37. The summed E-state index contributed by atoms with van der Waals surface area (Å²) in [6, 6.07) is 10.2. The number of carbonyl (C=O) groups is 1. The van der Waals surface area contributed by atoms with Crippen LogP contribution in [0.5, 0.6) is 0 Å². The Bertz CT molecular complexity index is 676. The molecule has 1 heterocycles. The molecule has 1 N–H and O–H groups in total. The van der Waals surface area contributed by atoms with Gasteiger partial charge in [0.1, 0.15) is 5.41 Å². The van der Waals surface area contributed by atoms with Gasteiger partial charge in [-0.3, -0.25) is 4.79 Å². The number of rotatable bonds is 4. The summed E-state index contributed by atoms with van der Waals surface area (Å²) >= 11 is 0. The lowest BCUT2D eigenvalue weighted by Gasteiger charge is -2.14. The van der Waals surface area contributed by atoms with Crippen LogP contribution < -0.4 is 5.32 Å². The maximum absolute atomic E-state index is 13.0. The molecule has 0 radical (unpaired) electrons. The Balaban J connectivity index is 1.67. The average molecular weight is 310 g/mol. The van der Waals surface area contributed by atoms with E-state index in [-0.39, 0.29) is 36.7 Å². The number of carbonyl (C=O) groups excluding carboxylic acids is 1. The van der Waals surface area contributed by atoms with E-state index in [0.717, 1.165) is 11.6 Å². The molecule has 116 valence electrons. The number of benzene rings is 1. The first-order chi connectivity index (χ1) is 10.4. The Hall–Kier alpha value is -2.31. The lowest BCUT2D eigenvalue weighted by Crippen LogP contribution is -2.28. The summed E-state index contributed by atoms with van der Waals surface area (Å²) in [5, 5.41) is 5.96. The van der Waals surface area contributed by atoms with Crippen molar-refractivity contribution >= 4 is 11.7 Å². The number of hydrogen-bond donors (Lipinski definition) is 1. The Morgan fingerprint density at radius 1 is 1.27 bits per heavy atom. The van der Waals surface area contributed by atoms with Crippen molar-refractivity contribution in [2.75, 3.05) is 5.32 Å². The summed E-state index contributed by atoms with van der Waals surface area (Å²) in [5.74, 6) is -0.593. The molecule has 4 nitrogen and oxygen atoms in total. The van der Waals surface area contributed by atoms with Crippen molar-refractivity contribution in [3.05, 3.63) is 47.7 Å². The van der Waals surface area contributed by atoms with Crippen molar-refractivity contribution in [2.24, 2.45) is 0 Å². The van der Waals surface area contributed by atoms with Crippen molar-refractivity contribution in [3.8, 4) is 0 Å². The highest BCUT2D eigenvalue weighted by molar-refractivity contribution is 5.91. The highest BCUT2D eigenvalue weighted by Gasteiger charge is 2.66. The van der Waals surface area contributed by atoms with Crippen LogP contribution in [0.4, 0.5) is 19.0 Å². The zero-order valence-corrected chi connectivity index (χ0v) is 11.5. The van der Waals surface area contributed by atoms with E-state index in [0.29, 0.717) is 0 Å². The second kappa shape index (κ2) is 5.15. The minimum Gasteiger partial charge on any atom is -0.358 e. The van der Waals surface area contributed by atoms with Crippen molar-refractivity contribution < 1.29 is 22.5 Å². The summed E-state index contributed by atoms with van der Waals surface area (Å²) in [6.07, 6.45) is -4.27. The fourth-order valence-corrected chi connectivity index (χ4v) is 2.32. The monoisotopic (exact) mass is 310 g/mol. The van der Waals surface area contributed by atoms with Gasteiger partial charge in [-0.1, -0.05) is 35.5 Å².